The van der Waals surface area contributed by atoms with Gasteiger partial charge in [0, 0.05) is 12.1 Å². The number of ketones is 1. The highest BCUT2D eigenvalue weighted by atomic mass is 19.4. The molecule has 182 valence electrons. The van der Waals surface area contributed by atoms with Crippen LogP contribution in [0.4, 0.5) is 13.2 Å². The zero-order valence-electron chi connectivity index (χ0n) is 20.0. The van der Waals surface area contributed by atoms with Gasteiger partial charge in [0.2, 0.25) is 0 Å². The molecule has 0 bridgehead atoms. The highest BCUT2D eigenvalue weighted by Gasteiger charge is 2.73. The topological polar surface area (TPSA) is 34.9 Å². The Kier molecular flexibility index (Phi) is 4.92. The van der Waals surface area contributed by atoms with Gasteiger partial charge < -0.3 is 0 Å². The Balaban J connectivity index is 1.23. The summed E-state index contributed by atoms with van der Waals surface area (Å²) in [6, 6.07) is 0. The maximum Gasteiger partial charge on any atom is 0.419 e. The molecule has 5 aliphatic carbocycles. The smallest absolute Gasteiger partial charge is 0.297 e. The van der Waals surface area contributed by atoms with E-state index in [4.69, 9.17) is 0 Å². The van der Waals surface area contributed by atoms with Crippen molar-refractivity contribution in [2.24, 2.45) is 64.6 Å². The average molecular weight is 463 g/mol. The zero-order valence-corrected chi connectivity index (χ0v) is 20.0. The molecule has 5 saturated carbocycles. The Bertz CT molecular complexity index is 940. The lowest BCUT2D eigenvalue weighted by atomic mass is 9.47. The SMILES string of the molecule is CC1CCC2C(CCC3C2CCC2(C)C(C(=O)Cn4cc(C(F)(F)F)cn4)C4C(C)C4C32)C1. The van der Waals surface area contributed by atoms with Crippen LogP contribution in [0.3, 0.4) is 0 Å². The van der Waals surface area contributed by atoms with Crippen molar-refractivity contribution < 1.29 is 18.0 Å². The molecule has 1 aromatic rings. The number of nitrogens with zero attached hydrogens (tertiary/aromatic N) is 2. The molecule has 0 radical (unpaired) electrons. The summed E-state index contributed by atoms with van der Waals surface area (Å²) in [6.45, 7) is 7.05. The Labute approximate surface area is 194 Å². The molecule has 0 amide bonds. The van der Waals surface area contributed by atoms with E-state index in [1.54, 1.807) is 0 Å². The number of alkyl halides is 3. The first-order valence-electron chi connectivity index (χ1n) is 13.2. The van der Waals surface area contributed by atoms with E-state index in [2.05, 4.69) is 25.9 Å². The van der Waals surface area contributed by atoms with Crippen molar-refractivity contribution in [1.29, 1.82) is 0 Å². The minimum Gasteiger partial charge on any atom is -0.297 e. The lowest BCUT2D eigenvalue weighted by molar-refractivity contribution is -0.138. The monoisotopic (exact) mass is 462 g/mol. The van der Waals surface area contributed by atoms with Gasteiger partial charge in [0.1, 0.15) is 0 Å². The molecule has 1 aromatic heterocycles. The van der Waals surface area contributed by atoms with Crippen LogP contribution in [0.15, 0.2) is 12.4 Å². The third-order valence-corrected chi connectivity index (χ3v) is 11.2. The maximum atomic E-state index is 13.6. The minimum absolute atomic E-state index is 0.00883. The highest BCUT2D eigenvalue weighted by Crippen LogP contribution is 2.76. The van der Waals surface area contributed by atoms with Gasteiger partial charge in [-0.05, 0) is 97.2 Å². The number of fused-ring (bicyclic) bond motifs is 7. The van der Waals surface area contributed by atoms with E-state index < -0.39 is 11.7 Å². The summed E-state index contributed by atoms with van der Waals surface area (Å²) in [5, 5.41) is 3.87. The molecule has 0 aromatic carbocycles. The van der Waals surface area contributed by atoms with Crippen LogP contribution >= 0.6 is 0 Å². The molecular weight excluding hydrogens is 425 g/mol. The van der Waals surface area contributed by atoms with Gasteiger partial charge in [-0.1, -0.05) is 27.2 Å². The molecule has 6 rings (SSSR count). The number of halogens is 3. The predicted molar refractivity (Wildman–Crippen MR) is 119 cm³/mol. The fraction of sp³-hybridized carbons (Fsp3) is 0.852. The quantitative estimate of drug-likeness (QED) is 0.515. The molecule has 11 unspecified atom stereocenters. The molecule has 0 saturated heterocycles. The van der Waals surface area contributed by atoms with Crippen LogP contribution < -0.4 is 0 Å². The predicted octanol–water partition coefficient (Wildman–Crippen LogP) is 6.48. The molecule has 1 heterocycles. The van der Waals surface area contributed by atoms with Gasteiger partial charge in [-0.2, -0.15) is 18.3 Å². The molecule has 0 N–H and O–H groups in total. The molecule has 6 heteroatoms. The molecule has 11 atom stereocenters. The van der Waals surface area contributed by atoms with Gasteiger partial charge in [0.25, 0.3) is 0 Å². The van der Waals surface area contributed by atoms with Crippen LogP contribution in [-0.2, 0) is 17.5 Å². The van der Waals surface area contributed by atoms with Crippen LogP contribution in [0.25, 0.3) is 0 Å². The third kappa shape index (κ3) is 3.28. The highest BCUT2D eigenvalue weighted by molar-refractivity contribution is 5.83. The van der Waals surface area contributed by atoms with E-state index in [1.807, 2.05) is 0 Å². The number of hydrogen-bond donors (Lipinski definition) is 0. The molecule has 3 nitrogen and oxygen atoms in total. The van der Waals surface area contributed by atoms with Crippen molar-refractivity contribution in [3.8, 4) is 0 Å². The van der Waals surface area contributed by atoms with Crippen LogP contribution in [0, 0.1) is 64.6 Å². The standard InChI is InChI=1S/C27H37F3N2O/c1-14-4-6-18-16(10-14)5-7-20-19(18)8-9-26(3)24(20)22-15(2)23(22)25(26)21(33)13-32-12-17(11-31-32)27(28,29)30/h11-12,14-16,18-20,22-25H,4-10,13H2,1-3H3. The number of carbonyl (C=O) groups is 1. The van der Waals surface area contributed by atoms with Gasteiger partial charge in [-0.25, -0.2) is 0 Å². The second-order valence-corrected chi connectivity index (χ2v) is 12.7. The van der Waals surface area contributed by atoms with Gasteiger partial charge in [-0.3, -0.25) is 9.48 Å². The first kappa shape index (κ1) is 22.2. The Hall–Kier alpha value is -1.33. The van der Waals surface area contributed by atoms with Gasteiger partial charge in [-0.15, -0.1) is 0 Å². The van der Waals surface area contributed by atoms with E-state index >= 15 is 0 Å². The summed E-state index contributed by atoms with van der Waals surface area (Å²) in [5.74, 6) is 6.58. The minimum atomic E-state index is -4.42. The maximum absolute atomic E-state index is 13.6. The molecule has 5 fully saturated rings. The van der Waals surface area contributed by atoms with E-state index in [9.17, 15) is 18.0 Å². The lowest BCUT2D eigenvalue weighted by Gasteiger charge is -2.57. The molecule has 0 aliphatic heterocycles. The molecular formula is C27H37F3N2O. The Morgan fingerprint density at radius 3 is 2.58 bits per heavy atom. The van der Waals surface area contributed by atoms with Crippen molar-refractivity contribution in [3.63, 3.8) is 0 Å². The van der Waals surface area contributed by atoms with Gasteiger partial charge in [0.15, 0.2) is 5.78 Å². The number of Topliss-reactive ketones (excluding diaryl/α,β-unsaturated/α-hetero) is 1. The van der Waals surface area contributed by atoms with Crippen molar-refractivity contribution in [2.75, 3.05) is 0 Å². The van der Waals surface area contributed by atoms with Crippen LogP contribution in [0.1, 0.15) is 71.3 Å². The Morgan fingerprint density at radius 1 is 1.09 bits per heavy atom. The number of aromatic nitrogens is 2. The van der Waals surface area contributed by atoms with Crippen molar-refractivity contribution in [2.45, 2.75) is 78.4 Å². The zero-order chi connectivity index (χ0) is 23.3. The summed E-state index contributed by atoms with van der Waals surface area (Å²) in [4.78, 5) is 13.6. The van der Waals surface area contributed by atoms with Gasteiger partial charge in [0.05, 0.1) is 18.3 Å². The average Bonchev–Trinajstić information content (AvgIpc) is 3.10. The van der Waals surface area contributed by atoms with Crippen molar-refractivity contribution >= 4 is 5.78 Å². The summed E-state index contributed by atoms with van der Waals surface area (Å²) < 4.78 is 40.2. The second-order valence-electron chi connectivity index (χ2n) is 12.7. The van der Waals surface area contributed by atoms with Crippen LogP contribution in [-0.4, -0.2) is 15.6 Å². The molecule has 0 spiro atoms. The number of hydrogen-bond acceptors (Lipinski definition) is 2. The fourth-order valence-electron chi connectivity index (χ4n) is 9.95. The normalized spacial score (nSPS) is 48.4. The summed E-state index contributed by atoms with van der Waals surface area (Å²) in [7, 11) is 0. The first-order chi connectivity index (χ1) is 15.6. The first-order valence-corrected chi connectivity index (χ1v) is 13.2. The summed E-state index contributed by atoms with van der Waals surface area (Å²) in [5.41, 5.74) is -0.767. The number of rotatable bonds is 3. The van der Waals surface area contributed by atoms with E-state index in [-0.39, 0.29) is 23.7 Å². The summed E-state index contributed by atoms with van der Waals surface area (Å²) in [6.07, 6.45) is 6.62. The largest absolute Gasteiger partial charge is 0.419 e. The van der Waals surface area contributed by atoms with Gasteiger partial charge >= 0.3 is 6.18 Å². The Morgan fingerprint density at radius 2 is 1.85 bits per heavy atom. The van der Waals surface area contributed by atoms with Crippen molar-refractivity contribution in [3.05, 3.63) is 18.0 Å². The second kappa shape index (κ2) is 7.34. The molecule has 33 heavy (non-hydrogen) atoms. The summed E-state index contributed by atoms with van der Waals surface area (Å²) >= 11 is 0. The van der Waals surface area contributed by atoms with Crippen LogP contribution in [0.5, 0.6) is 0 Å². The van der Waals surface area contributed by atoms with Crippen LogP contribution in [0.2, 0.25) is 0 Å². The van der Waals surface area contributed by atoms with Crippen molar-refractivity contribution in [1.82, 2.24) is 9.78 Å². The number of carbonyl (C=O) groups excluding carboxylic acids is 1. The van der Waals surface area contributed by atoms with E-state index in [0.717, 1.165) is 48.4 Å². The van der Waals surface area contributed by atoms with E-state index in [1.165, 1.54) is 43.2 Å². The third-order valence-electron chi connectivity index (χ3n) is 11.2. The molecule has 5 aliphatic rings. The van der Waals surface area contributed by atoms with E-state index in [0.29, 0.717) is 23.7 Å². The lowest BCUT2D eigenvalue weighted by Crippen LogP contribution is -2.51. The fourth-order valence-corrected chi connectivity index (χ4v) is 9.95.